The van der Waals surface area contributed by atoms with Gasteiger partial charge in [-0.3, -0.25) is 14.2 Å². The Kier molecular flexibility index (Phi) is 43.1. The van der Waals surface area contributed by atoms with Crippen LogP contribution in [0.25, 0.3) is 0 Å². The summed E-state index contributed by atoms with van der Waals surface area (Å²) in [6.45, 7) is 4.26. The summed E-state index contributed by atoms with van der Waals surface area (Å²) >= 11 is 0. The Morgan fingerprint density at radius 1 is 0.492 bits per heavy atom. The fourth-order valence-corrected chi connectivity index (χ4v) is 8.20. The average molecular weight is 886 g/mol. The summed E-state index contributed by atoms with van der Waals surface area (Å²) in [5.41, 5.74) is 0. The van der Waals surface area contributed by atoms with Crippen molar-refractivity contribution < 1.29 is 42.1 Å². The fourth-order valence-electron chi connectivity index (χ4n) is 7.48. The van der Waals surface area contributed by atoms with Gasteiger partial charge in [0.25, 0.3) is 7.82 Å². The van der Waals surface area contributed by atoms with Crippen molar-refractivity contribution in [2.24, 2.45) is 0 Å². The molecule has 0 aromatic carbocycles. The van der Waals surface area contributed by atoms with Crippen molar-refractivity contribution in [3.05, 3.63) is 12.2 Å². The van der Waals surface area contributed by atoms with Crippen molar-refractivity contribution >= 4 is 19.8 Å². The molecule has 0 radical (unpaired) electrons. The summed E-state index contributed by atoms with van der Waals surface area (Å²) in [5.74, 6) is -0.829. The SMILES string of the molecule is CCCCCCCC/C=C\CCCCCCCC(=O)OC(COC(=O)CCCCCCCCCCCCCCCCCCCCCCCC)COP(=O)([O-])OCC[N+](C)(C)C. The third-order valence-electron chi connectivity index (χ3n) is 11.5. The second-order valence-corrected chi connectivity index (χ2v) is 20.3. The number of ether oxygens (including phenoxy) is 2. The van der Waals surface area contributed by atoms with Gasteiger partial charge in [-0.05, 0) is 38.5 Å². The zero-order valence-electron chi connectivity index (χ0n) is 40.9. The van der Waals surface area contributed by atoms with Gasteiger partial charge < -0.3 is 27.9 Å². The first-order chi connectivity index (χ1) is 29.5. The molecule has 0 aliphatic heterocycles. The molecule has 0 bridgehead atoms. The second-order valence-electron chi connectivity index (χ2n) is 18.9. The molecule has 0 heterocycles. The first kappa shape index (κ1) is 59.8. The molecule has 0 amide bonds. The molecule has 0 aliphatic carbocycles. The maximum Gasteiger partial charge on any atom is 0.306 e. The molecule has 0 saturated carbocycles. The third-order valence-corrected chi connectivity index (χ3v) is 12.5. The Morgan fingerprint density at radius 3 is 1.21 bits per heavy atom. The van der Waals surface area contributed by atoms with Crippen molar-refractivity contribution in [1.29, 1.82) is 0 Å². The summed E-state index contributed by atoms with van der Waals surface area (Å²) < 4.78 is 34.0. The zero-order chi connectivity index (χ0) is 45.0. The van der Waals surface area contributed by atoms with Crippen molar-refractivity contribution in [3.63, 3.8) is 0 Å². The lowest BCUT2D eigenvalue weighted by atomic mass is 10.0. The van der Waals surface area contributed by atoms with Gasteiger partial charge in [0.15, 0.2) is 6.10 Å². The van der Waals surface area contributed by atoms with Gasteiger partial charge in [-0.25, -0.2) is 0 Å². The molecule has 10 heteroatoms. The van der Waals surface area contributed by atoms with Crippen LogP contribution in [0.3, 0.4) is 0 Å². The highest BCUT2D eigenvalue weighted by molar-refractivity contribution is 7.45. The van der Waals surface area contributed by atoms with Gasteiger partial charge in [-0.1, -0.05) is 212 Å². The molecule has 2 atom stereocenters. The highest BCUT2D eigenvalue weighted by Crippen LogP contribution is 2.38. The number of esters is 2. The lowest BCUT2D eigenvalue weighted by Crippen LogP contribution is -2.37. The fraction of sp³-hybridized carbons (Fsp3) is 0.922. The number of hydrogen-bond donors (Lipinski definition) is 0. The normalized spacial score (nSPS) is 13.5. The minimum Gasteiger partial charge on any atom is -0.756 e. The van der Waals surface area contributed by atoms with E-state index in [1.54, 1.807) is 0 Å². The van der Waals surface area contributed by atoms with Crippen LogP contribution >= 0.6 is 7.82 Å². The predicted octanol–water partition coefficient (Wildman–Crippen LogP) is 14.7. The highest BCUT2D eigenvalue weighted by Gasteiger charge is 2.21. The minimum atomic E-state index is -4.63. The number of carbonyl (C=O) groups is 2. The number of hydrogen-bond acceptors (Lipinski definition) is 8. The average Bonchev–Trinajstić information content (AvgIpc) is 3.21. The van der Waals surface area contributed by atoms with E-state index in [1.165, 1.54) is 167 Å². The van der Waals surface area contributed by atoms with Crippen LogP contribution in [0.2, 0.25) is 0 Å². The second kappa shape index (κ2) is 44.0. The molecule has 0 saturated heterocycles. The molecule has 0 spiro atoms. The number of unbranched alkanes of at least 4 members (excludes halogenated alkanes) is 32. The quantitative estimate of drug-likeness (QED) is 0.0195. The van der Waals surface area contributed by atoms with E-state index in [2.05, 4.69) is 26.0 Å². The molecule has 9 nitrogen and oxygen atoms in total. The molecule has 0 N–H and O–H groups in total. The van der Waals surface area contributed by atoms with E-state index < -0.39 is 26.5 Å². The van der Waals surface area contributed by atoms with Crippen molar-refractivity contribution in [3.8, 4) is 0 Å². The standard InChI is InChI=1S/C51H100NO8P/c1-6-8-10-12-14-16-18-20-22-23-24-25-26-27-28-30-31-33-35-37-39-41-43-50(53)57-47-49(48-59-61(55,56)58-46-45-52(3,4)5)60-51(54)44-42-40-38-36-34-32-29-21-19-17-15-13-11-9-7-2/h21,29,49H,6-20,22-28,30-48H2,1-5H3/b29-21-. The first-order valence-electron chi connectivity index (χ1n) is 25.9. The van der Waals surface area contributed by atoms with Crippen LogP contribution in [0.5, 0.6) is 0 Å². The van der Waals surface area contributed by atoms with Gasteiger partial charge in [0.1, 0.15) is 19.8 Å². The van der Waals surface area contributed by atoms with Crippen molar-refractivity contribution in [1.82, 2.24) is 0 Å². The van der Waals surface area contributed by atoms with Crippen molar-refractivity contribution in [2.45, 2.75) is 258 Å². The van der Waals surface area contributed by atoms with Gasteiger partial charge >= 0.3 is 11.9 Å². The monoisotopic (exact) mass is 886 g/mol. The first-order valence-corrected chi connectivity index (χ1v) is 27.4. The number of nitrogens with zero attached hydrogens (tertiary/aromatic N) is 1. The lowest BCUT2D eigenvalue weighted by molar-refractivity contribution is -0.870. The Balaban J connectivity index is 4.18. The molecule has 0 rings (SSSR count). The largest absolute Gasteiger partial charge is 0.756 e. The predicted molar refractivity (Wildman–Crippen MR) is 255 cm³/mol. The van der Waals surface area contributed by atoms with E-state index in [0.717, 1.165) is 51.4 Å². The van der Waals surface area contributed by atoms with E-state index >= 15 is 0 Å². The number of phosphoric acid groups is 1. The molecular weight excluding hydrogens is 786 g/mol. The van der Waals surface area contributed by atoms with Crippen LogP contribution in [-0.4, -0.2) is 70.0 Å². The maximum absolute atomic E-state index is 12.7. The summed E-state index contributed by atoms with van der Waals surface area (Å²) in [6.07, 6.45) is 48.2. The van der Waals surface area contributed by atoms with Crippen molar-refractivity contribution in [2.75, 3.05) is 47.5 Å². The topological polar surface area (TPSA) is 111 Å². The van der Waals surface area contributed by atoms with E-state index in [1.807, 2.05) is 21.1 Å². The van der Waals surface area contributed by atoms with Crippen LogP contribution in [0.15, 0.2) is 12.2 Å². The molecule has 0 aromatic rings. The van der Waals surface area contributed by atoms with Gasteiger partial charge in [-0.15, -0.1) is 0 Å². The Morgan fingerprint density at radius 2 is 0.836 bits per heavy atom. The molecular formula is C51H100NO8P. The molecule has 362 valence electrons. The summed E-state index contributed by atoms with van der Waals surface area (Å²) in [5, 5.41) is 0. The molecule has 0 fully saturated rings. The number of quaternary nitrogens is 1. The number of carbonyl (C=O) groups excluding carboxylic acids is 2. The van der Waals surface area contributed by atoms with Crippen LogP contribution in [0.1, 0.15) is 251 Å². The summed E-state index contributed by atoms with van der Waals surface area (Å²) in [7, 11) is 1.17. The van der Waals surface area contributed by atoms with Gasteiger partial charge in [0, 0.05) is 12.8 Å². The van der Waals surface area contributed by atoms with E-state index in [9.17, 15) is 19.0 Å². The van der Waals surface area contributed by atoms with Crippen LogP contribution in [-0.2, 0) is 32.7 Å². The molecule has 0 aliphatic rings. The lowest BCUT2D eigenvalue weighted by Gasteiger charge is -2.28. The Bertz CT molecular complexity index is 1050. The molecule has 61 heavy (non-hydrogen) atoms. The number of likely N-dealkylation sites (N-methyl/N-ethyl adjacent to an activating group) is 1. The summed E-state index contributed by atoms with van der Waals surface area (Å²) in [4.78, 5) is 37.7. The number of allylic oxidation sites excluding steroid dienone is 2. The van der Waals surface area contributed by atoms with Gasteiger partial charge in [0.05, 0.1) is 27.7 Å². The van der Waals surface area contributed by atoms with Gasteiger partial charge in [-0.2, -0.15) is 0 Å². The highest BCUT2D eigenvalue weighted by atomic mass is 31.2. The number of phosphoric ester groups is 1. The van der Waals surface area contributed by atoms with E-state index in [-0.39, 0.29) is 32.0 Å². The van der Waals surface area contributed by atoms with Crippen LogP contribution in [0.4, 0.5) is 0 Å². The Labute approximate surface area is 377 Å². The van der Waals surface area contributed by atoms with E-state index in [4.69, 9.17) is 18.5 Å². The minimum absolute atomic E-state index is 0.0290. The van der Waals surface area contributed by atoms with Gasteiger partial charge in [0.2, 0.25) is 0 Å². The molecule has 0 aromatic heterocycles. The number of rotatable bonds is 48. The maximum atomic E-state index is 12.7. The van der Waals surface area contributed by atoms with Crippen LogP contribution in [0, 0.1) is 0 Å². The third kappa shape index (κ3) is 48.1. The van der Waals surface area contributed by atoms with Crippen LogP contribution < -0.4 is 4.89 Å². The smallest absolute Gasteiger partial charge is 0.306 e. The molecule has 2 unspecified atom stereocenters. The van der Waals surface area contributed by atoms with E-state index in [0.29, 0.717) is 17.4 Å². The summed E-state index contributed by atoms with van der Waals surface area (Å²) in [6, 6.07) is 0. The Hall–Kier alpha value is -1.25. The zero-order valence-corrected chi connectivity index (χ0v) is 41.8.